The van der Waals surface area contributed by atoms with Gasteiger partial charge in [-0.3, -0.25) is 19.5 Å². The Balaban J connectivity index is 1.63. The van der Waals surface area contributed by atoms with Crippen molar-refractivity contribution in [1.29, 1.82) is 0 Å². The molecule has 2 N–H and O–H groups in total. The minimum atomic E-state index is -0.404. The van der Waals surface area contributed by atoms with Crippen LogP contribution >= 0.6 is 0 Å². The molecule has 1 unspecified atom stereocenters. The monoisotopic (exact) mass is 313 g/mol. The fraction of sp³-hybridized carbons (Fsp3) is 0.353. The first-order valence-electron chi connectivity index (χ1n) is 7.78. The van der Waals surface area contributed by atoms with Crippen LogP contribution in [0.1, 0.15) is 29.9 Å². The molecule has 0 saturated carbocycles. The van der Waals surface area contributed by atoms with Gasteiger partial charge in [-0.2, -0.15) is 0 Å². The Morgan fingerprint density at radius 1 is 1.22 bits per heavy atom. The SMILES string of the molecule is O=C(Cn1[nH]c(=O)ccc1=O)NCC1CCCc2ccccc21. The van der Waals surface area contributed by atoms with Crippen molar-refractivity contribution < 1.29 is 4.79 Å². The number of fused-ring (bicyclic) bond motifs is 1. The zero-order valence-corrected chi connectivity index (χ0v) is 12.7. The summed E-state index contributed by atoms with van der Waals surface area (Å²) in [5.41, 5.74) is 1.84. The van der Waals surface area contributed by atoms with Gasteiger partial charge in [-0.1, -0.05) is 24.3 Å². The third-order valence-electron chi connectivity index (χ3n) is 4.23. The van der Waals surface area contributed by atoms with Gasteiger partial charge in [0.05, 0.1) is 0 Å². The molecule has 1 aromatic carbocycles. The van der Waals surface area contributed by atoms with E-state index >= 15 is 0 Å². The highest BCUT2D eigenvalue weighted by atomic mass is 16.2. The second-order valence-corrected chi connectivity index (χ2v) is 5.83. The number of rotatable bonds is 4. The van der Waals surface area contributed by atoms with E-state index in [1.807, 2.05) is 12.1 Å². The lowest BCUT2D eigenvalue weighted by molar-refractivity contribution is -0.122. The molecule has 6 nitrogen and oxygen atoms in total. The number of hydrogen-bond acceptors (Lipinski definition) is 3. The van der Waals surface area contributed by atoms with Crippen LogP contribution in [0.15, 0.2) is 46.0 Å². The van der Waals surface area contributed by atoms with Gasteiger partial charge in [-0.05, 0) is 30.4 Å². The lowest BCUT2D eigenvalue weighted by atomic mass is 9.83. The van der Waals surface area contributed by atoms with Gasteiger partial charge in [-0.25, -0.2) is 4.68 Å². The highest BCUT2D eigenvalue weighted by Gasteiger charge is 2.20. The predicted octanol–water partition coefficient (Wildman–Crippen LogP) is 0.773. The molecule has 0 spiro atoms. The Bertz CT molecular complexity index is 822. The molecule has 1 aromatic heterocycles. The summed E-state index contributed by atoms with van der Waals surface area (Å²) in [6.07, 6.45) is 3.24. The summed E-state index contributed by atoms with van der Waals surface area (Å²) in [6.45, 7) is 0.366. The summed E-state index contributed by atoms with van der Waals surface area (Å²) >= 11 is 0. The molecule has 6 heteroatoms. The van der Waals surface area contributed by atoms with Crippen LogP contribution in [0.2, 0.25) is 0 Å². The number of benzene rings is 1. The van der Waals surface area contributed by atoms with Crippen LogP contribution in [-0.4, -0.2) is 22.2 Å². The molecule has 1 aliphatic rings. The summed E-state index contributed by atoms with van der Waals surface area (Å²) in [4.78, 5) is 34.8. The molecule has 1 aliphatic carbocycles. The Kier molecular flexibility index (Phi) is 4.41. The molecule has 1 heterocycles. The van der Waals surface area contributed by atoms with Crippen molar-refractivity contribution in [3.63, 3.8) is 0 Å². The molecule has 1 atom stereocenters. The molecule has 0 saturated heterocycles. The molecule has 23 heavy (non-hydrogen) atoms. The zero-order chi connectivity index (χ0) is 16.2. The van der Waals surface area contributed by atoms with E-state index < -0.39 is 11.1 Å². The minimum Gasteiger partial charge on any atom is -0.354 e. The average Bonchev–Trinajstić information content (AvgIpc) is 2.56. The molecule has 120 valence electrons. The maximum absolute atomic E-state index is 12.0. The van der Waals surface area contributed by atoms with Crippen LogP contribution in [0.4, 0.5) is 0 Å². The number of aromatic amines is 1. The van der Waals surface area contributed by atoms with E-state index in [4.69, 9.17) is 0 Å². The summed E-state index contributed by atoms with van der Waals surface area (Å²) in [5, 5.41) is 5.22. The highest BCUT2D eigenvalue weighted by molar-refractivity contribution is 5.75. The van der Waals surface area contributed by atoms with Crippen molar-refractivity contribution in [2.45, 2.75) is 31.7 Å². The molecule has 1 amide bonds. The first-order valence-corrected chi connectivity index (χ1v) is 7.78. The van der Waals surface area contributed by atoms with Crippen LogP contribution in [0.3, 0.4) is 0 Å². The van der Waals surface area contributed by atoms with Gasteiger partial charge < -0.3 is 5.32 Å². The Morgan fingerprint density at radius 3 is 2.91 bits per heavy atom. The van der Waals surface area contributed by atoms with Crippen LogP contribution in [-0.2, 0) is 17.8 Å². The van der Waals surface area contributed by atoms with E-state index in [1.54, 1.807) is 0 Å². The summed E-state index contributed by atoms with van der Waals surface area (Å²) in [6, 6.07) is 10.6. The number of H-pyrrole nitrogens is 1. The van der Waals surface area contributed by atoms with Crippen molar-refractivity contribution in [2.24, 2.45) is 0 Å². The molecule has 0 aliphatic heterocycles. The standard InChI is InChI=1S/C17H19N3O3/c21-15-8-9-17(23)20(19-15)11-16(22)18-10-13-6-3-5-12-4-1-2-7-14(12)13/h1-2,4,7-9,13H,3,5-6,10-11H2,(H,18,22)(H,19,21). The summed E-state index contributed by atoms with van der Waals surface area (Å²) in [7, 11) is 0. The number of carbonyl (C=O) groups excluding carboxylic acids is 1. The largest absolute Gasteiger partial charge is 0.354 e. The molecule has 3 rings (SSSR count). The van der Waals surface area contributed by atoms with Crippen LogP contribution < -0.4 is 16.4 Å². The Labute approximate surface area is 133 Å². The van der Waals surface area contributed by atoms with E-state index in [0.717, 1.165) is 36.1 Å². The van der Waals surface area contributed by atoms with Crippen LogP contribution in [0, 0.1) is 0 Å². The average molecular weight is 313 g/mol. The molecule has 0 radical (unpaired) electrons. The summed E-state index contributed by atoms with van der Waals surface area (Å²) in [5.74, 6) is 0.0208. The Morgan fingerprint density at radius 2 is 2.04 bits per heavy atom. The normalized spacial score (nSPS) is 16.6. The van der Waals surface area contributed by atoms with Gasteiger partial charge in [0.1, 0.15) is 6.54 Å². The maximum atomic E-state index is 12.0. The Hall–Kier alpha value is -2.63. The quantitative estimate of drug-likeness (QED) is 0.874. The topological polar surface area (TPSA) is 84.0 Å². The minimum absolute atomic E-state index is 0.177. The number of aryl methyl sites for hydroxylation is 1. The fourth-order valence-electron chi connectivity index (χ4n) is 3.08. The third-order valence-corrected chi connectivity index (χ3v) is 4.23. The number of nitrogens with one attached hydrogen (secondary N) is 2. The van der Waals surface area contributed by atoms with Crippen LogP contribution in [0.25, 0.3) is 0 Å². The molecular formula is C17H19N3O3. The maximum Gasteiger partial charge on any atom is 0.265 e. The fourth-order valence-corrected chi connectivity index (χ4v) is 3.08. The van der Waals surface area contributed by atoms with E-state index in [-0.39, 0.29) is 12.5 Å². The van der Waals surface area contributed by atoms with Crippen molar-refractivity contribution in [2.75, 3.05) is 6.54 Å². The first kappa shape index (κ1) is 15.3. The van der Waals surface area contributed by atoms with E-state index in [0.29, 0.717) is 12.5 Å². The third kappa shape index (κ3) is 3.59. The predicted molar refractivity (Wildman–Crippen MR) is 86.5 cm³/mol. The first-order chi connectivity index (χ1) is 11.1. The van der Waals surface area contributed by atoms with Gasteiger partial charge in [0.2, 0.25) is 5.91 Å². The second kappa shape index (κ2) is 6.64. The van der Waals surface area contributed by atoms with Crippen molar-refractivity contribution in [3.05, 3.63) is 68.2 Å². The number of aromatic nitrogens is 2. The smallest absolute Gasteiger partial charge is 0.265 e. The van der Waals surface area contributed by atoms with Crippen LogP contribution in [0.5, 0.6) is 0 Å². The van der Waals surface area contributed by atoms with Gasteiger partial charge in [0.25, 0.3) is 11.1 Å². The molecule has 0 bridgehead atoms. The number of amides is 1. The van der Waals surface area contributed by atoms with E-state index in [1.165, 1.54) is 11.1 Å². The lowest BCUT2D eigenvalue weighted by Gasteiger charge is -2.25. The highest BCUT2D eigenvalue weighted by Crippen LogP contribution is 2.30. The zero-order valence-electron chi connectivity index (χ0n) is 12.7. The van der Waals surface area contributed by atoms with Crippen molar-refractivity contribution in [3.8, 4) is 0 Å². The number of nitrogens with zero attached hydrogens (tertiary/aromatic N) is 1. The number of carbonyl (C=O) groups is 1. The summed E-state index contributed by atoms with van der Waals surface area (Å²) < 4.78 is 1.02. The molecule has 0 fully saturated rings. The molecule has 2 aromatic rings. The van der Waals surface area contributed by atoms with E-state index in [2.05, 4.69) is 22.5 Å². The van der Waals surface area contributed by atoms with Crippen molar-refractivity contribution >= 4 is 5.91 Å². The molecular weight excluding hydrogens is 294 g/mol. The number of hydrogen-bond donors (Lipinski definition) is 2. The lowest BCUT2D eigenvalue weighted by Crippen LogP contribution is -2.37. The second-order valence-electron chi connectivity index (χ2n) is 5.83. The van der Waals surface area contributed by atoms with Gasteiger partial charge in [0, 0.05) is 24.6 Å². The van der Waals surface area contributed by atoms with Gasteiger partial charge >= 0.3 is 0 Å². The van der Waals surface area contributed by atoms with E-state index in [9.17, 15) is 14.4 Å². The van der Waals surface area contributed by atoms with Gasteiger partial charge in [0.15, 0.2) is 0 Å². The van der Waals surface area contributed by atoms with Gasteiger partial charge in [-0.15, -0.1) is 0 Å². The van der Waals surface area contributed by atoms with Crippen molar-refractivity contribution in [1.82, 2.24) is 15.1 Å².